The summed E-state index contributed by atoms with van der Waals surface area (Å²) in [6.45, 7) is 5.69. The maximum Gasteiger partial charge on any atom is 0.157 e. The average molecular weight is 390 g/mol. The number of hydrogen-bond acceptors (Lipinski definition) is 6. The van der Waals surface area contributed by atoms with E-state index in [2.05, 4.69) is 46.5 Å². The largest absolute Gasteiger partial charge is 0.492 e. The molecule has 1 aromatic rings. The smallest absolute Gasteiger partial charge is 0.157 e. The molecule has 3 heterocycles. The number of hydrogen-bond donors (Lipinski definition) is 5. The zero-order valence-electron chi connectivity index (χ0n) is 17.0. The van der Waals surface area contributed by atoms with Crippen molar-refractivity contribution >= 4 is 11.3 Å². The SMILES string of the molecule is CNC1CC(C)NC(Nc2cc3c(c(C4=CCNC(C)CC4)c2F)OCC3)N1. The second-order valence-electron chi connectivity index (χ2n) is 8.17. The molecule has 0 spiro atoms. The zero-order chi connectivity index (χ0) is 19.7. The Morgan fingerprint density at radius 1 is 1.18 bits per heavy atom. The van der Waals surface area contributed by atoms with E-state index >= 15 is 4.39 Å². The molecule has 4 unspecified atom stereocenters. The van der Waals surface area contributed by atoms with Crippen LogP contribution in [0.5, 0.6) is 5.75 Å². The highest BCUT2D eigenvalue weighted by Gasteiger charge is 2.29. The molecule has 0 aliphatic carbocycles. The van der Waals surface area contributed by atoms with Crippen molar-refractivity contribution in [1.29, 1.82) is 0 Å². The van der Waals surface area contributed by atoms with Crippen molar-refractivity contribution < 1.29 is 9.13 Å². The van der Waals surface area contributed by atoms with Crippen LogP contribution in [-0.2, 0) is 6.42 Å². The van der Waals surface area contributed by atoms with E-state index in [9.17, 15) is 0 Å². The summed E-state index contributed by atoms with van der Waals surface area (Å²) in [6, 6.07) is 2.67. The van der Waals surface area contributed by atoms with Gasteiger partial charge in [0.15, 0.2) is 5.82 Å². The van der Waals surface area contributed by atoms with E-state index in [4.69, 9.17) is 4.74 Å². The van der Waals surface area contributed by atoms with Crippen molar-refractivity contribution in [2.75, 3.05) is 25.5 Å². The summed E-state index contributed by atoms with van der Waals surface area (Å²) in [4.78, 5) is 0. The van der Waals surface area contributed by atoms with Gasteiger partial charge in [-0.15, -0.1) is 0 Å². The van der Waals surface area contributed by atoms with Crippen LogP contribution < -0.4 is 31.3 Å². The third kappa shape index (κ3) is 4.03. The Kier molecular flexibility index (Phi) is 5.87. The van der Waals surface area contributed by atoms with Crippen LogP contribution in [0.4, 0.5) is 10.1 Å². The first-order valence-corrected chi connectivity index (χ1v) is 10.4. The molecule has 3 aliphatic rings. The number of fused-ring (bicyclic) bond motifs is 1. The van der Waals surface area contributed by atoms with Gasteiger partial charge < -0.3 is 20.7 Å². The van der Waals surface area contributed by atoms with E-state index in [-0.39, 0.29) is 18.3 Å². The molecule has 0 bridgehead atoms. The molecule has 0 saturated carbocycles. The topological polar surface area (TPSA) is 69.4 Å². The van der Waals surface area contributed by atoms with Crippen LogP contribution in [0.15, 0.2) is 12.1 Å². The van der Waals surface area contributed by atoms with E-state index in [0.717, 1.165) is 49.1 Å². The first-order chi connectivity index (χ1) is 13.5. The summed E-state index contributed by atoms with van der Waals surface area (Å²) in [5, 5.41) is 16.9. The van der Waals surface area contributed by atoms with Crippen LogP contribution in [0.3, 0.4) is 0 Å². The highest BCUT2D eigenvalue weighted by atomic mass is 19.1. The van der Waals surface area contributed by atoms with Gasteiger partial charge in [-0.25, -0.2) is 4.39 Å². The monoisotopic (exact) mass is 389 g/mol. The first kappa shape index (κ1) is 19.6. The summed E-state index contributed by atoms with van der Waals surface area (Å²) in [7, 11) is 1.94. The van der Waals surface area contributed by atoms with Crippen molar-refractivity contribution in [1.82, 2.24) is 21.3 Å². The lowest BCUT2D eigenvalue weighted by molar-refractivity contribution is 0.249. The minimum absolute atomic E-state index is 0.186. The molecule has 1 fully saturated rings. The van der Waals surface area contributed by atoms with Crippen molar-refractivity contribution in [3.05, 3.63) is 29.1 Å². The zero-order valence-corrected chi connectivity index (χ0v) is 17.0. The molecule has 0 aromatic heterocycles. The fourth-order valence-corrected chi connectivity index (χ4v) is 4.35. The molecule has 28 heavy (non-hydrogen) atoms. The molecule has 3 aliphatic heterocycles. The average Bonchev–Trinajstić information content (AvgIpc) is 3.02. The molecule has 5 N–H and O–H groups in total. The van der Waals surface area contributed by atoms with E-state index in [0.29, 0.717) is 29.9 Å². The molecule has 154 valence electrons. The highest BCUT2D eigenvalue weighted by Crippen LogP contribution is 2.41. The van der Waals surface area contributed by atoms with Gasteiger partial charge in [-0.3, -0.25) is 10.6 Å². The molecule has 0 amide bonds. The van der Waals surface area contributed by atoms with Crippen molar-refractivity contribution in [2.45, 2.75) is 64.1 Å². The third-order valence-electron chi connectivity index (χ3n) is 5.95. The van der Waals surface area contributed by atoms with Gasteiger partial charge in [0, 0.05) is 30.6 Å². The van der Waals surface area contributed by atoms with Crippen LogP contribution in [0.25, 0.3) is 5.57 Å². The maximum absolute atomic E-state index is 15.7. The Bertz CT molecular complexity index is 753. The van der Waals surface area contributed by atoms with Gasteiger partial charge in [-0.1, -0.05) is 6.08 Å². The lowest BCUT2D eigenvalue weighted by Crippen LogP contribution is -2.63. The van der Waals surface area contributed by atoms with Gasteiger partial charge >= 0.3 is 0 Å². The Morgan fingerprint density at radius 3 is 2.86 bits per heavy atom. The molecule has 7 heteroatoms. The van der Waals surface area contributed by atoms with Gasteiger partial charge in [0.2, 0.25) is 0 Å². The van der Waals surface area contributed by atoms with E-state index < -0.39 is 0 Å². The summed E-state index contributed by atoms with van der Waals surface area (Å²) in [5.41, 5.74) is 3.29. The summed E-state index contributed by atoms with van der Waals surface area (Å²) >= 11 is 0. The molecule has 1 saturated heterocycles. The van der Waals surface area contributed by atoms with Gasteiger partial charge in [-0.05, 0) is 51.8 Å². The minimum atomic E-state index is -0.218. The first-order valence-electron chi connectivity index (χ1n) is 10.4. The fourth-order valence-electron chi connectivity index (χ4n) is 4.35. The highest BCUT2D eigenvalue weighted by molar-refractivity contribution is 5.77. The molecule has 4 atom stereocenters. The number of anilines is 1. The lowest BCUT2D eigenvalue weighted by atomic mass is 9.95. The van der Waals surface area contributed by atoms with Gasteiger partial charge in [0.25, 0.3) is 0 Å². The fraction of sp³-hybridized carbons (Fsp3) is 0.619. The summed E-state index contributed by atoms with van der Waals surface area (Å²) < 4.78 is 21.6. The van der Waals surface area contributed by atoms with Crippen molar-refractivity contribution in [3.8, 4) is 5.75 Å². The van der Waals surface area contributed by atoms with Crippen LogP contribution >= 0.6 is 0 Å². The quantitative estimate of drug-likeness (QED) is 0.544. The van der Waals surface area contributed by atoms with Crippen LogP contribution in [-0.4, -0.2) is 44.7 Å². The number of nitrogens with one attached hydrogen (secondary N) is 5. The number of allylic oxidation sites excluding steroid dienone is 1. The Balaban J connectivity index is 1.65. The van der Waals surface area contributed by atoms with E-state index in [1.807, 2.05) is 13.1 Å². The predicted octanol–water partition coefficient (Wildman–Crippen LogP) is 2.13. The Hall–Kier alpha value is -1.67. The Morgan fingerprint density at radius 2 is 2.04 bits per heavy atom. The van der Waals surface area contributed by atoms with Gasteiger partial charge in [0.1, 0.15) is 12.0 Å². The number of rotatable bonds is 4. The molecule has 6 nitrogen and oxygen atoms in total. The molecular weight excluding hydrogens is 357 g/mol. The molecule has 1 aromatic carbocycles. The van der Waals surface area contributed by atoms with Gasteiger partial charge in [-0.2, -0.15) is 0 Å². The number of benzene rings is 1. The Labute approximate surface area is 166 Å². The summed E-state index contributed by atoms with van der Waals surface area (Å²) in [6.07, 6.45) is 5.73. The molecule has 4 rings (SSSR count). The lowest BCUT2D eigenvalue weighted by Gasteiger charge is -2.37. The second kappa shape index (κ2) is 8.37. The normalized spacial score (nSPS) is 30.2. The van der Waals surface area contributed by atoms with Gasteiger partial charge in [0.05, 0.1) is 24.0 Å². The van der Waals surface area contributed by atoms with Crippen molar-refractivity contribution in [2.24, 2.45) is 0 Å². The number of ether oxygens (including phenoxy) is 1. The summed E-state index contributed by atoms with van der Waals surface area (Å²) in [5.74, 6) is 0.513. The van der Waals surface area contributed by atoms with E-state index in [1.165, 1.54) is 0 Å². The van der Waals surface area contributed by atoms with E-state index in [1.54, 1.807) is 0 Å². The van der Waals surface area contributed by atoms with Crippen LogP contribution in [0.2, 0.25) is 0 Å². The third-order valence-corrected chi connectivity index (χ3v) is 5.95. The predicted molar refractivity (Wildman–Crippen MR) is 111 cm³/mol. The second-order valence-corrected chi connectivity index (χ2v) is 8.17. The minimum Gasteiger partial charge on any atom is -0.492 e. The van der Waals surface area contributed by atoms with Crippen LogP contribution in [0.1, 0.15) is 44.2 Å². The van der Waals surface area contributed by atoms with Crippen molar-refractivity contribution in [3.63, 3.8) is 0 Å². The maximum atomic E-state index is 15.7. The molecule has 0 radical (unpaired) electrons. The molecular formula is C21H32FN5O. The number of halogens is 1. The van der Waals surface area contributed by atoms with Crippen LogP contribution in [0, 0.1) is 5.82 Å². The standard InChI is InChI=1S/C21H32FN5O/c1-12-4-5-14(6-8-24-12)18-19(22)16(11-15-7-9-28-20(15)18)26-21-25-13(2)10-17(23-3)27-21/h6,11-13,17,21,23-27H,4-5,7-10H2,1-3H3.